The molecule has 2 fully saturated rings. The lowest BCUT2D eigenvalue weighted by molar-refractivity contribution is -0.117. The van der Waals surface area contributed by atoms with E-state index in [1.54, 1.807) is 29.2 Å². The molecular weight excluding hydrogens is 404 g/mol. The first-order valence-corrected chi connectivity index (χ1v) is 10.8. The number of rotatable bonds is 3. The fraction of sp³-hybridized carbons (Fsp3) is 0.391. The molecule has 1 spiro atoms. The summed E-state index contributed by atoms with van der Waals surface area (Å²) in [5, 5.41) is 3.37. The average molecular weight is 427 g/mol. The minimum absolute atomic E-state index is 0.0295. The summed E-state index contributed by atoms with van der Waals surface area (Å²) < 4.78 is 12.2. The second kappa shape index (κ2) is 7.51. The van der Waals surface area contributed by atoms with Crippen molar-refractivity contribution in [2.75, 3.05) is 16.8 Å². The van der Waals surface area contributed by atoms with Crippen LogP contribution in [-0.4, -0.2) is 24.1 Å². The van der Waals surface area contributed by atoms with Gasteiger partial charge in [-0.05, 0) is 49.6 Å². The third-order valence-corrected chi connectivity index (χ3v) is 6.30. The lowest BCUT2D eigenvalue weighted by Crippen LogP contribution is -2.40. The van der Waals surface area contributed by atoms with E-state index >= 15 is 0 Å². The number of anilines is 2. The summed E-state index contributed by atoms with van der Waals surface area (Å²) >= 11 is 6.29. The maximum Gasteiger partial charge on any atom is 0.255 e. The molecule has 0 radical (unpaired) electrons. The van der Waals surface area contributed by atoms with Crippen molar-refractivity contribution in [1.82, 2.24) is 0 Å². The lowest BCUT2D eigenvalue weighted by Gasteiger charge is -2.31. The predicted molar refractivity (Wildman–Crippen MR) is 115 cm³/mol. The van der Waals surface area contributed by atoms with Crippen LogP contribution in [0, 0.1) is 0 Å². The molecule has 2 aromatic carbocycles. The quantitative estimate of drug-likeness (QED) is 0.736. The van der Waals surface area contributed by atoms with Crippen molar-refractivity contribution in [2.24, 2.45) is 0 Å². The van der Waals surface area contributed by atoms with Gasteiger partial charge in [0.2, 0.25) is 5.91 Å². The molecule has 2 aromatic rings. The second-order valence-electron chi connectivity index (χ2n) is 8.11. The van der Waals surface area contributed by atoms with E-state index in [9.17, 15) is 9.59 Å². The molecule has 1 saturated heterocycles. The van der Waals surface area contributed by atoms with Gasteiger partial charge in [-0.1, -0.05) is 18.0 Å². The SMILES string of the molecule is O=C(Nc1ccc2c(c1)OC1(CCCCC1)O2)c1ccc(Cl)c(N2CCCC2=O)c1. The maximum atomic E-state index is 12.8. The van der Waals surface area contributed by atoms with Crippen LogP contribution >= 0.6 is 11.6 Å². The van der Waals surface area contributed by atoms with Crippen LogP contribution in [-0.2, 0) is 4.79 Å². The van der Waals surface area contributed by atoms with Crippen LogP contribution in [0.3, 0.4) is 0 Å². The molecular formula is C23H23ClN2O4. The van der Waals surface area contributed by atoms with E-state index in [-0.39, 0.29) is 11.8 Å². The molecule has 2 heterocycles. The number of carbonyl (C=O) groups excluding carboxylic acids is 2. The molecule has 0 atom stereocenters. The first kappa shape index (κ1) is 19.2. The van der Waals surface area contributed by atoms with Gasteiger partial charge in [0.05, 0.1) is 10.7 Å². The summed E-state index contributed by atoms with van der Waals surface area (Å²) in [5.74, 6) is 0.592. The molecule has 2 aliphatic heterocycles. The zero-order chi connectivity index (χ0) is 20.7. The van der Waals surface area contributed by atoms with Crippen molar-refractivity contribution in [1.29, 1.82) is 0 Å². The summed E-state index contributed by atoms with van der Waals surface area (Å²) in [6, 6.07) is 10.4. The van der Waals surface area contributed by atoms with Gasteiger partial charge in [-0.25, -0.2) is 0 Å². The number of hydrogen-bond acceptors (Lipinski definition) is 4. The van der Waals surface area contributed by atoms with Gasteiger partial charge >= 0.3 is 0 Å². The summed E-state index contributed by atoms with van der Waals surface area (Å²) in [5.41, 5.74) is 1.65. The topological polar surface area (TPSA) is 67.9 Å². The number of hydrogen-bond donors (Lipinski definition) is 1. The largest absolute Gasteiger partial charge is 0.448 e. The molecule has 0 aromatic heterocycles. The number of halogens is 1. The molecule has 30 heavy (non-hydrogen) atoms. The number of nitrogens with one attached hydrogen (secondary N) is 1. The van der Waals surface area contributed by atoms with Crippen molar-refractivity contribution in [3.05, 3.63) is 47.0 Å². The minimum Gasteiger partial charge on any atom is -0.448 e. The molecule has 1 N–H and O–H groups in total. The number of ether oxygens (including phenoxy) is 2. The Bertz CT molecular complexity index is 1020. The number of carbonyl (C=O) groups is 2. The Morgan fingerprint density at radius 3 is 2.57 bits per heavy atom. The van der Waals surface area contributed by atoms with Crippen LogP contribution in [0.25, 0.3) is 0 Å². The Labute approximate surface area is 180 Å². The predicted octanol–water partition coefficient (Wildman–Crippen LogP) is 5.15. The Morgan fingerprint density at radius 1 is 1.00 bits per heavy atom. The molecule has 156 valence electrons. The molecule has 0 unspecified atom stereocenters. The number of nitrogens with zero attached hydrogens (tertiary/aromatic N) is 1. The first-order chi connectivity index (χ1) is 14.5. The van der Waals surface area contributed by atoms with E-state index in [1.165, 1.54) is 6.42 Å². The van der Waals surface area contributed by atoms with E-state index in [0.717, 1.165) is 37.9 Å². The third-order valence-electron chi connectivity index (χ3n) is 5.98. The van der Waals surface area contributed by atoms with Gasteiger partial charge in [0, 0.05) is 43.1 Å². The fourth-order valence-electron chi connectivity index (χ4n) is 4.43. The molecule has 0 bridgehead atoms. The third kappa shape index (κ3) is 3.49. The van der Waals surface area contributed by atoms with Crippen molar-refractivity contribution < 1.29 is 19.1 Å². The summed E-state index contributed by atoms with van der Waals surface area (Å²) in [4.78, 5) is 26.6. The number of benzene rings is 2. The maximum absolute atomic E-state index is 12.8. The molecule has 1 aliphatic carbocycles. The average Bonchev–Trinajstić information content (AvgIpc) is 3.31. The lowest BCUT2D eigenvalue weighted by atomic mass is 9.94. The molecule has 3 aliphatic rings. The molecule has 5 rings (SSSR count). The number of amides is 2. The van der Waals surface area contributed by atoms with E-state index in [2.05, 4.69) is 5.32 Å². The Hall–Kier alpha value is -2.73. The van der Waals surface area contributed by atoms with Crippen LogP contribution in [0.4, 0.5) is 11.4 Å². The molecule has 1 saturated carbocycles. The van der Waals surface area contributed by atoms with Crippen molar-refractivity contribution in [2.45, 2.75) is 50.7 Å². The summed E-state index contributed by atoms with van der Waals surface area (Å²) in [7, 11) is 0. The highest BCUT2D eigenvalue weighted by Gasteiger charge is 2.42. The van der Waals surface area contributed by atoms with Gasteiger partial charge in [0.1, 0.15) is 0 Å². The van der Waals surface area contributed by atoms with Gasteiger partial charge < -0.3 is 19.7 Å². The van der Waals surface area contributed by atoms with Gasteiger partial charge in [-0.3, -0.25) is 9.59 Å². The van der Waals surface area contributed by atoms with Crippen molar-refractivity contribution in [3.8, 4) is 11.5 Å². The second-order valence-corrected chi connectivity index (χ2v) is 8.51. The zero-order valence-corrected chi connectivity index (χ0v) is 17.3. The van der Waals surface area contributed by atoms with Gasteiger partial charge in [0.15, 0.2) is 11.5 Å². The smallest absolute Gasteiger partial charge is 0.255 e. The van der Waals surface area contributed by atoms with Crippen LogP contribution in [0.5, 0.6) is 11.5 Å². The molecule has 6 nitrogen and oxygen atoms in total. The standard InChI is InChI=1S/C23H23ClN2O4/c24-17-8-6-15(13-18(17)26-12-4-5-21(26)27)22(28)25-16-7-9-19-20(14-16)30-23(29-19)10-2-1-3-11-23/h6-9,13-14H,1-5,10-12H2,(H,25,28). The Kier molecular flexibility index (Phi) is 4.82. The summed E-state index contributed by atoms with van der Waals surface area (Å²) in [6.07, 6.45) is 6.46. The molecule has 2 amide bonds. The summed E-state index contributed by atoms with van der Waals surface area (Å²) in [6.45, 7) is 0.619. The van der Waals surface area contributed by atoms with E-state index in [1.807, 2.05) is 12.1 Å². The van der Waals surface area contributed by atoms with E-state index in [4.69, 9.17) is 21.1 Å². The normalized spacial score (nSPS) is 19.4. The monoisotopic (exact) mass is 426 g/mol. The first-order valence-electron chi connectivity index (χ1n) is 10.5. The molecule has 7 heteroatoms. The van der Waals surface area contributed by atoms with Crippen LogP contribution in [0.2, 0.25) is 5.02 Å². The van der Waals surface area contributed by atoms with Crippen molar-refractivity contribution in [3.63, 3.8) is 0 Å². The van der Waals surface area contributed by atoms with Gasteiger partial charge in [-0.2, -0.15) is 0 Å². The number of fused-ring (bicyclic) bond motifs is 1. The Balaban J connectivity index is 1.33. The van der Waals surface area contributed by atoms with E-state index in [0.29, 0.717) is 40.7 Å². The van der Waals surface area contributed by atoms with Gasteiger partial charge in [0.25, 0.3) is 11.7 Å². The van der Waals surface area contributed by atoms with Crippen LogP contribution in [0.15, 0.2) is 36.4 Å². The highest BCUT2D eigenvalue weighted by molar-refractivity contribution is 6.34. The zero-order valence-electron chi connectivity index (χ0n) is 16.6. The van der Waals surface area contributed by atoms with Gasteiger partial charge in [-0.15, -0.1) is 0 Å². The highest BCUT2D eigenvalue weighted by Crippen LogP contribution is 2.46. The van der Waals surface area contributed by atoms with Crippen LogP contribution in [0.1, 0.15) is 55.3 Å². The van der Waals surface area contributed by atoms with E-state index < -0.39 is 5.79 Å². The fourth-order valence-corrected chi connectivity index (χ4v) is 4.65. The minimum atomic E-state index is -0.545. The highest BCUT2D eigenvalue weighted by atomic mass is 35.5. The Morgan fingerprint density at radius 2 is 1.80 bits per heavy atom. The van der Waals surface area contributed by atoms with Crippen LogP contribution < -0.4 is 19.7 Å². The van der Waals surface area contributed by atoms with Crippen molar-refractivity contribution >= 4 is 34.8 Å².